The number of rotatable bonds is 5. The molecule has 0 bridgehead atoms. The van der Waals surface area contributed by atoms with Crippen LogP contribution in [0.15, 0.2) is 67.4 Å². The zero-order chi connectivity index (χ0) is 26.1. The van der Waals surface area contributed by atoms with Crippen molar-refractivity contribution in [3.05, 3.63) is 72.9 Å². The molecule has 0 spiro atoms. The maximum Gasteiger partial charge on any atom is 0.415 e. The van der Waals surface area contributed by atoms with Gasteiger partial charge in [0.2, 0.25) is 0 Å². The minimum absolute atomic E-state index is 0.349. The first-order valence-corrected chi connectivity index (χ1v) is 12.3. The first-order chi connectivity index (χ1) is 18.5. The highest BCUT2D eigenvalue weighted by molar-refractivity contribution is 5.92. The minimum Gasteiger partial charge on any atom is -0.457 e. The number of anilines is 2. The topological polar surface area (TPSA) is 110 Å². The number of aromatic nitrogens is 5. The summed E-state index contributed by atoms with van der Waals surface area (Å²) in [5.74, 6) is 2.46. The number of likely N-dealkylation sites (N-methyl/N-ethyl adjacent to an activating group) is 1. The molecule has 1 N–H and O–H groups in total. The molecule has 0 radical (unpaired) electrons. The van der Waals surface area contributed by atoms with Crippen molar-refractivity contribution in [2.24, 2.45) is 0 Å². The fourth-order valence-corrected chi connectivity index (χ4v) is 4.32. The molecule has 0 saturated carbocycles. The maximum absolute atomic E-state index is 12.7. The number of aryl methyl sites for hydroxylation is 1. The third-order valence-electron chi connectivity index (χ3n) is 6.49. The number of amides is 1. The van der Waals surface area contributed by atoms with Gasteiger partial charge in [-0.15, -0.1) is 0 Å². The Hall–Kier alpha value is -4.77. The Morgan fingerprint density at radius 2 is 1.79 bits per heavy atom. The van der Waals surface area contributed by atoms with Crippen molar-refractivity contribution in [2.45, 2.75) is 6.92 Å². The van der Waals surface area contributed by atoms with Gasteiger partial charge in [0.1, 0.15) is 35.7 Å². The summed E-state index contributed by atoms with van der Waals surface area (Å²) in [5, 5.41) is 8.21. The van der Waals surface area contributed by atoms with Crippen LogP contribution in [0.2, 0.25) is 0 Å². The van der Waals surface area contributed by atoms with Crippen molar-refractivity contribution in [1.29, 1.82) is 0 Å². The molecule has 0 aliphatic carbocycles. The fourth-order valence-electron chi connectivity index (χ4n) is 4.32. The molecular formula is C27H26N8O3. The number of fused-ring (bicyclic) bond motifs is 2. The highest BCUT2D eigenvalue weighted by Gasteiger charge is 2.21. The first kappa shape index (κ1) is 23.6. The lowest BCUT2D eigenvalue weighted by Gasteiger charge is -2.31. The second kappa shape index (κ2) is 9.94. The summed E-state index contributed by atoms with van der Waals surface area (Å²) in [6, 6.07) is 14.8. The molecule has 11 heteroatoms. The highest BCUT2D eigenvalue weighted by atomic mass is 16.6. The molecule has 1 saturated heterocycles. The molecule has 38 heavy (non-hydrogen) atoms. The van der Waals surface area contributed by atoms with Gasteiger partial charge in [0.25, 0.3) is 0 Å². The lowest BCUT2D eigenvalue weighted by Crippen LogP contribution is -2.48. The Balaban J connectivity index is 1.19. The van der Waals surface area contributed by atoms with E-state index in [0.29, 0.717) is 36.1 Å². The average Bonchev–Trinajstić information content (AvgIpc) is 3.39. The third-order valence-corrected chi connectivity index (χ3v) is 6.49. The van der Waals surface area contributed by atoms with Gasteiger partial charge < -0.3 is 24.6 Å². The molecule has 4 heterocycles. The second-order valence-electron chi connectivity index (χ2n) is 9.19. The van der Waals surface area contributed by atoms with E-state index in [4.69, 9.17) is 9.47 Å². The zero-order valence-electron chi connectivity index (χ0n) is 21.0. The number of carbonyl (C=O) groups is 1. The van der Waals surface area contributed by atoms with Crippen LogP contribution < -0.4 is 14.8 Å². The van der Waals surface area contributed by atoms with E-state index in [0.717, 1.165) is 41.0 Å². The van der Waals surface area contributed by atoms with Crippen LogP contribution in [0.1, 0.15) is 5.56 Å². The molecule has 5 aromatic rings. The molecule has 0 unspecified atom stereocenters. The molecule has 1 aliphatic heterocycles. The van der Waals surface area contributed by atoms with Gasteiger partial charge in [-0.3, -0.25) is 0 Å². The molecule has 0 atom stereocenters. The SMILES string of the molecule is Cc1cc(Nc2ncnc3ccc(OC(=O)N4CCN(C)CC4)cc23)ccc1Oc1ccn2ncnc2c1. The van der Waals surface area contributed by atoms with E-state index in [2.05, 4.69) is 30.3 Å². The number of hydrogen-bond donors (Lipinski definition) is 1. The lowest BCUT2D eigenvalue weighted by molar-refractivity contribution is 0.120. The van der Waals surface area contributed by atoms with E-state index in [-0.39, 0.29) is 6.09 Å². The van der Waals surface area contributed by atoms with Crippen molar-refractivity contribution < 1.29 is 14.3 Å². The number of hydrogen-bond acceptors (Lipinski definition) is 9. The van der Waals surface area contributed by atoms with Crippen LogP contribution >= 0.6 is 0 Å². The van der Waals surface area contributed by atoms with E-state index in [1.54, 1.807) is 27.7 Å². The van der Waals surface area contributed by atoms with Crippen LogP contribution in [-0.2, 0) is 0 Å². The second-order valence-corrected chi connectivity index (χ2v) is 9.19. The van der Waals surface area contributed by atoms with Gasteiger partial charge in [-0.2, -0.15) is 5.10 Å². The highest BCUT2D eigenvalue weighted by Crippen LogP contribution is 2.31. The van der Waals surface area contributed by atoms with Crippen molar-refractivity contribution >= 4 is 34.1 Å². The molecule has 2 aromatic carbocycles. The van der Waals surface area contributed by atoms with E-state index >= 15 is 0 Å². The monoisotopic (exact) mass is 510 g/mol. The number of ether oxygens (including phenoxy) is 2. The lowest BCUT2D eigenvalue weighted by atomic mass is 10.2. The van der Waals surface area contributed by atoms with Gasteiger partial charge in [0.05, 0.1) is 5.52 Å². The van der Waals surface area contributed by atoms with Crippen molar-refractivity contribution in [3.63, 3.8) is 0 Å². The van der Waals surface area contributed by atoms with E-state index < -0.39 is 0 Å². The standard InChI is InChI=1S/C27H26N8O3/c1-18-13-19(3-6-24(18)37-21-7-8-35-25(15-21)29-17-31-35)32-26-22-14-20(4-5-23(22)28-16-30-26)38-27(36)34-11-9-33(2)10-12-34/h3-8,13-17H,9-12H2,1-2H3,(H,28,30,32). The molecule has 3 aromatic heterocycles. The van der Waals surface area contributed by atoms with E-state index in [9.17, 15) is 4.79 Å². The number of carbonyl (C=O) groups excluding carboxylic acids is 1. The number of nitrogens with one attached hydrogen (secondary N) is 1. The number of pyridine rings is 1. The summed E-state index contributed by atoms with van der Waals surface area (Å²) in [6.45, 7) is 4.93. The Labute approximate surface area is 218 Å². The van der Waals surface area contributed by atoms with Crippen LogP contribution in [0, 0.1) is 6.92 Å². The summed E-state index contributed by atoms with van der Waals surface area (Å²) >= 11 is 0. The van der Waals surface area contributed by atoms with Crippen LogP contribution in [-0.4, -0.2) is 73.7 Å². The largest absolute Gasteiger partial charge is 0.457 e. The van der Waals surface area contributed by atoms with Crippen LogP contribution in [0.5, 0.6) is 17.2 Å². The van der Waals surface area contributed by atoms with Gasteiger partial charge in [-0.05, 0) is 62.0 Å². The van der Waals surface area contributed by atoms with Gasteiger partial charge in [0.15, 0.2) is 5.65 Å². The Bertz CT molecular complexity index is 1630. The quantitative estimate of drug-likeness (QED) is 0.371. The van der Waals surface area contributed by atoms with Crippen molar-refractivity contribution in [3.8, 4) is 17.2 Å². The minimum atomic E-state index is -0.349. The molecule has 1 amide bonds. The average molecular weight is 511 g/mol. The van der Waals surface area contributed by atoms with Gasteiger partial charge >= 0.3 is 6.09 Å². The molecule has 1 fully saturated rings. The number of nitrogens with zero attached hydrogens (tertiary/aromatic N) is 7. The fraction of sp³-hybridized carbons (Fsp3) is 0.222. The maximum atomic E-state index is 12.7. The van der Waals surface area contributed by atoms with Crippen LogP contribution in [0.3, 0.4) is 0 Å². The van der Waals surface area contributed by atoms with Crippen LogP contribution in [0.4, 0.5) is 16.3 Å². The molecule has 1 aliphatic rings. The smallest absolute Gasteiger partial charge is 0.415 e. The summed E-state index contributed by atoms with van der Waals surface area (Å²) in [5.41, 5.74) is 3.23. The Morgan fingerprint density at radius 1 is 0.921 bits per heavy atom. The normalized spacial score (nSPS) is 14.1. The number of piperazine rings is 1. The molecule has 6 rings (SSSR count). The van der Waals surface area contributed by atoms with Crippen LogP contribution in [0.25, 0.3) is 16.6 Å². The Morgan fingerprint density at radius 3 is 2.63 bits per heavy atom. The molecule has 192 valence electrons. The predicted molar refractivity (Wildman–Crippen MR) is 142 cm³/mol. The summed E-state index contributed by atoms with van der Waals surface area (Å²) in [7, 11) is 2.04. The molecule has 11 nitrogen and oxygen atoms in total. The summed E-state index contributed by atoms with van der Waals surface area (Å²) in [6.07, 6.45) is 4.46. The first-order valence-electron chi connectivity index (χ1n) is 12.3. The summed E-state index contributed by atoms with van der Waals surface area (Å²) < 4.78 is 13.4. The number of benzene rings is 2. The van der Waals surface area contributed by atoms with E-state index in [1.807, 2.05) is 50.4 Å². The van der Waals surface area contributed by atoms with Gasteiger partial charge in [0, 0.05) is 49.5 Å². The zero-order valence-corrected chi connectivity index (χ0v) is 21.0. The Kier molecular flexibility index (Phi) is 6.18. The van der Waals surface area contributed by atoms with Gasteiger partial charge in [-0.25, -0.2) is 24.3 Å². The van der Waals surface area contributed by atoms with Gasteiger partial charge in [-0.1, -0.05) is 0 Å². The molecular weight excluding hydrogens is 484 g/mol. The summed E-state index contributed by atoms with van der Waals surface area (Å²) in [4.78, 5) is 29.6. The third kappa shape index (κ3) is 4.91. The van der Waals surface area contributed by atoms with E-state index in [1.165, 1.54) is 12.7 Å². The van der Waals surface area contributed by atoms with Crippen molar-refractivity contribution in [2.75, 3.05) is 38.5 Å². The van der Waals surface area contributed by atoms with Crippen molar-refractivity contribution in [1.82, 2.24) is 34.4 Å². The predicted octanol–water partition coefficient (Wildman–Crippen LogP) is 4.26.